The average molecular weight is 403 g/mol. The largest absolute Gasteiger partial charge is 0.493 e. The van der Waals surface area contributed by atoms with Crippen molar-refractivity contribution >= 4 is 40.0 Å². The molecule has 0 N–H and O–H groups in total. The van der Waals surface area contributed by atoms with Crippen molar-refractivity contribution in [2.45, 2.75) is 0 Å². The Morgan fingerprint density at radius 2 is 1.75 bits per heavy atom. The average Bonchev–Trinajstić information content (AvgIpc) is 2.46. The molecule has 0 radical (unpaired) electrons. The maximum Gasteiger partial charge on any atom is 0.194 e. The zero-order chi connectivity index (χ0) is 14.7. The lowest BCUT2D eigenvalue weighted by atomic mass is 10.0. The van der Waals surface area contributed by atoms with Gasteiger partial charge in [-0.1, -0.05) is 23.7 Å². The van der Waals surface area contributed by atoms with Crippen molar-refractivity contribution in [3.8, 4) is 11.5 Å². The smallest absolute Gasteiger partial charge is 0.194 e. The van der Waals surface area contributed by atoms with Gasteiger partial charge in [-0.2, -0.15) is 0 Å². The molecule has 20 heavy (non-hydrogen) atoms. The monoisotopic (exact) mass is 402 g/mol. The number of hydrogen-bond donors (Lipinski definition) is 0. The number of rotatable bonds is 4. The van der Waals surface area contributed by atoms with Crippen LogP contribution < -0.4 is 9.47 Å². The number of carbonyl (C=O) groups excluding carboxylic acids is 1. The predicted molar refractivity (Wildman–Crippen MR) is 87.1 cm³/mol. The van der Waals surface area contributed by atoms with E-state index in [2.05, 4.69) is 22.6 Å². The number of carbonyl (C=O) groups is 1. The van der Waals surface area contributed by atoms with Gasteiger partial charge >= 0.3 is 0 Å². The van der Waals surface area contributed by atoms with E-state index in [0.29, 0.717) is 27.6 Å². The summed E-state index contributed by atoms with van der Waals surface area (Å²) in [4.78, 5) is 12.5. The van der Waals surface area contributed by atoms with Gasteiger partial charge in [0.1, 0.15) is 0 Å². The van der Waals surface area contributed by atoms with E-state index in [1.54, 1.807) is 18.2 Å². The highest BCUT2D eigenvalue weighted by Crippen LogP contribution is 2.34. The minimum Gasteiger partial charge on any atom is -0.493 e. The number of benzene rings is 2. The maximum atomic E-state index is 12.5. The second kappa shape index (κ2) is 6.45. The molecular formula is C15H12ClIO3. The van der Waals surface area contributed by atoms with Crippen LogP contribution in [0.15, 0.2) is 36.4 Å². The summed E-state index contributed by atoms with van der Waals surface area (Å²) in [5.41, 5.74) is 0.984. The summed E-state index contributed by atoms with van der Waals surface area (Å²) in [5.74, 6) is 0.831. The fraction of sp³-hybridized carbons (Fsp3) is 0.133. The fourth-order valence-corrected chi connectivity index (χ4v) is 2.60. The molecule has 0 unspecified atom stereocenters. The predicted octanol–water partition coefficient (Wildman–Crippen LogP) is 4.19. The van der Waals surface area contributed by atoms with Gasteiger partial charge in [-0.05, 0) is 40.8 Å². The molecule has 0 spiro atoms. The summed E-state index contributed by atoms with van der Waals surface area (Å²) >= 11 is 8.33. The Kier molecular flexibility index (Phi) is 4.88. The van der Waals surface area contributed by atoms with E-state index >= 15 is 0 Å². The van der Waals surface area contributed by atoms with Crippen molar-refractivity contribution in [1.29, 1.82) is 0 Å². The topological polar surface area (TPSA) is 35.5 Å². The Morgan fingerprint density at radius 1 is 1.10 bits per heavy atom. The summed E-state index contributed by atoms with van der Waals surface area (Å²) in [6.45, 7) is 0. The highest BCUT2D eigenvalue weighted by molar-refractivity contribution is 14.1. The minimum atomic E-state index is -0.144. The van der Waals surface area contributed by atoms with E-state index < -0.39 is 0 Å². The summed E-state index contributed by atoms with van der Waals surface area (Å²) < 4.78 is 11.3. The Balaban J connectivity index is 2.49. The van der Waals surface area contributed by atoms with Gasteiger partial charge in [-0.3, -0.25) is 4.79 Å². The SMILES string of the molecule is COc1cc(Cl)c(C(=O)c2cccc(I)c2)cc1OC. The summed E-state index contributed by atoms with van der Waals surface area (Å²) in [6.07, 6.45) is 0. The lowest BCUT2D eigenvalue weighted by Crippen LogP contribution is -2.04. The van der Waals surface area contributed by atoms with Crippen LogP contribution in [0, 0.1) is 3.57 Å². The zero-order valence-electron chi connectivity index (χ0n) is 10.9. The van der Waals surface area contributed by atoms with E-state index in [0.717, 1.165) is 3.57 Å². The third kappa shape index (κ3) is 3.07. The lowest BCUT2D eigenvalue weighted by molar-refractivity contribution is 0.103. The first-order chi connectivity index (χ1) is 9.56. The van der Waals surface area contributed by atoms with Crippen LogP contribution in [0.25, 0.3) is 0 Å². The molecule has 5 heteroatoms. The van der Waals surface area contributed by atoms with Gasteiger partial charge < -0.3 is 9.47 Å². The summed E-state index contributed by atoms with van der Waals surface area (Å²) in [7, 11) is 3.04. The van der Waals surface area contributed by atoms with E-state index in [4.69, 9.17) is 21.1 Å². The Bertz CT molecular complexity index is 656. The van der Waals surface area contributed by atoms with Crippen molar-refractivity contribution in [2.24, 2.45) is 0 Å². The van der Waals surface area contributed by atoms with Crippen LogP contribution >= 0.6 is 34.2 Å². The van der Waals surface area contributed by atoms with Gasteiger partial charge in [0.05, 0.1) is 19.2 Å². The molecule has 0 aliphatic heterocycles. The molecule has 0 fully saturated rings. The van der Waals surface area contributed by atoms with E-state index in [9.17, 15) is 4.79 Å². The molecule has 0 heterocycles. The number of ether oxygens (including phenoxy) is 2. The maximum absolute atomic E-state index is 12.5. The summed E-state index contributed by atoms with van der Waals surface area (Å²) in [6, 6.07) is 10.5. The second-order valence-electron chi connectivity index (χ2n) is 4.03. The molecule has 0 saturated carbocycles. The second-order valence-corrected chi connectivity index (χ2v) is 5.68. The standard InChI is InChI=1S/C15H12ClIO3/c1-19-13-7-11(12(16)8-14(13)20-2)15(18)9-4-3-5-10(17)6-9/h3-8H,1-2H3. The highest BCUT2D eigenvalue weighted by Gasteiger charge is 2.17. The van der Waals surface area contributed by atoms with Crippen LogP contribution in [0.5, 0.6) is 11.5 Å². The Hall–Kier alpha value is -1.27. The van der Waals surface area contributed by atoms with E-state index in [1.807, 2.05) is 18.2 Å². The van der Waals surface area contributed by atoms with Crippen LogP contribution in [-0.4, -0.2) is 20.0 Å². The lowest BCUT2D eigenvalue weighted by Gasteiger charge is -2.11. The molecule has 2 aromatic carbocycles. The number of halogens is 2. The molecule has 0 saturated heterocycles. The molecule has 0 atom stereocenters. The van der Waals surface area contributed by atoms with Crippen molar-refractivity contribution < 1.29 is 14.3 Å². The molecular weight excluding hydrogens is 391 g/mol. The minimum absolute atomic E-state index is 0.144. The molecule has 2 rings (SSSR count). The Morgan fingerprint density at radius 3 is 2.35 bits per heavy atom. The van der Waals surface area contributed by atoms with Crippen LogP contribution in [0.3, 0.4) is 0 Å². The van der Waals surface area contributed by atoms with Gasteiger partial charge in [-0.15, -0.1) is 0 Å². The molecule has 0 aliphatic carbocycles. The highest BCUT2D eigenvalue weighted by atomic mass is 127. The first-order valence-corrected chi connectivity index (χ1v) is 7.24. The first kappa shape index (κ1) is 15.1. The third-order valence-electron chi connectivity index (χ3n) is 2.80. The summed E-state index contributed by atoms with van der Waals surface area (Å²) in [5, 5.41) is 0.339. The van der Waals surface area contributed by atoms with E-state index in [1.165, 1.54) is 14.2 Å². The van der Waals surface area contributed by atoms with Crippen molar-refractivity contribution in [2.75, 3.05) is 14.2 Å². The molecule has 2 aromatic rings. The molecule has 3 nitrogen and oxygen atoms in total. The van der Waals surface area contributed by atoms with Crippen LogP contribution in [-0.2, 0) is 0 Å². The third-order valence-corrected chi connectivity index (χ3v) is 3.79. The van der Waals surface area contributed by atoms with Gasteiger partial charge in [0, 0.05) is 20.8 Å². The zero-order valence-corrected chi connectivity index (χ0v) is 13.9. The molecule has 0 aliphatic rings. The van der Waals surface area contributed by atoms with Gasteiger partial charge in [0.15, 0.2) is 17.3 Å². The molecule has 104 valence electrons. The quantitative estimate of drug-likeness (QED) is 0.568. The number of methoxy groups -OCH3 is 2. The first-order valence-electron chi connectivity index (χ1n) is 5.78. The molecule has 0 bridgehead atoms. The van der Waals surface area contributed by atoms with Crippen LogP contribution in [0.1, 0.15) is 15.9 Å². The number of ketones is 1. The van der Waals surface area contributed by atoms with Gasteiger partial charge in [0.25, 0.3) is 0 Å². The molecule has 0 amide bonds. The fourth-order valence-electron chi connectivity index (χ4n) is 1.81. The van der Waals surface area contributed by atoms with Crippen molar-refractivity contribution in [3.05, 3.63) is 56.1 Å². The number of hydrogen-bond acceptors (Lipinski definition) is 3. The van der Waals surface area contributed by atoms with Gasteiger partial charge in [0.2, 0.25) is 0 Å². The normalized spacial score (nSPS) is 10.2. The van der Waals surface area contributed by atoms with E-state index in [-0.39, 0.29) is 5.78 Å². The van der Waals surface area contributed by atoms with Gasteiger partial charge in [-0.25, -0.2) is 0 Å². The van der Waals surface area contributed by atoms with Crippen molar-refractivity contribution in [3.63, 3.8) is 0 Å². The Labute approximate surface area is 136 Å². The van der Waals surface area contributed by atoms with Crippen LogP contribution in [0.4, 0.5) is 0 Å². The van der Waals surface area contributed by atoms with Crippen molar-refractivity contribution in [1.82, 2.24) is 0 Å². The molecule has 0 aromatic heterocycles. The van der Waals surface area contributed by atoms with Crippen LogP contribution in [0.2, 0.25) is 5.02 Å².